The van der Waals surface area contributed by atoms with E-state index < -0.39 is 0 Å². The molecule has 0 aliphatic rings. The average molecular weight is 358 g/mol. The summed E-state index contributed by atoms with van der Waals surface area (Å²) in [6.45, 7) is 0. The molecule has 0 bridgehead atoms. The van der Waals surface area contributed by atoms with Crippen LogP contribution in [0.3, 0.4) is 0 Å². The van der Waals surface area contributed by atoms with Crippen molar-refractivity contribution >= 4 is 22.3 Å². The number of furan rings is 1. The predicted molar refractivity (Wildman–Crippen MR) is 97.2 cm³/mol. The lowest BCUT2D eigenvalue weighted by Gasteiger charge is -2.02. The summed E-state index contributed by atoms with van der Waals surface area (Å²) < 4.78 is 5.58. The molecule has 0 saturated heterocycles. The Kier molecular flexibility index (Phi) is 3.46. The van der Waals surface area contributed by atoms with Crippen molar-refractivity contribution in [2.24, 2.45) is 0 Å². The molecule has 5 aromatic heterocycles. The molecule has 0 unspecified atom stereocenters. The van der Waals surface area contributed by atoms with Crippen LogP contribution in [-0.2, 0) is 0 Å². The van der Waals surface area contributed by atoms with Gasteiger partial charge in [-0.25, -0.2) is 15.0 Å². The number of hydrogen-bond acceptors (Lipinski definition) is 8. The lowest BCUT2D eigenvalue weighted by molar-refractivity contribution is 0.615. The van der Waals surface area contributed by atoms with E-state index in [0.717, 1.165) is 16.0 Å². The average Bonchev–Trinajstić information content (AvgIpc) is 3.38. The molecule has 0 atom stereocenters. The molecule has 0 amide bonds. The second kappa shape index (κ2) is 6.08. The zero-order valence-corrected chi connectivity index (χ0v) is 14.1. The Balaban J connectivity index is 1.67. The number of fused-ring (bicyclic) bond motifs is 1. The highest BCUT2D eigenvalue weighted by atomic mass is 32.1. The Morgan fingerprint density at radius 3 is 2.65 bits per heavy atom. The van der Waals surface area contributed by atoms with Gasteiger partial charge in [-0.05, 0) is 24.3 Å². The summed E-state index contributed by atoms with van der Waals surface area (Å²) in [5.41, 5.74) is 2.95. The number of nitrogens with zero attached hydrogens (tertiary/aromatic N) is 6. The number of aromatic nitrogens is 6. The molecule has 0 aliphatic carbocycles. The lowest BCUT2D eigenvalue weighted by atomic mass is 10.2. The van der Waals surface area contributed by atoms with Crippen molar-refractivity contribution in [2.75, 3.05) is 0 Å². The van der Waals surface area contributed by atoms with Gasteiger partial charge in [0.2, 0.25) is 0 Å². The number of pyridine rings is 2. The van der Waals surface area contributed by atoms with Gasteiger partial charge in [-0.2, -0.15) is 0 Å². The van der Waals surface area contributed by atoms with Crippen LogP contribution < -0.4 is 0 Å². The molecule has 0 aromatic carbocycles. The van der Waals surface area contributed by atoms with E-state index in [4.69, 9.17) is 9.40 Å². The zero-order valence-electron chi connectivity index (χ0n) is 13.3. The highest BCUT2D eigenvalue weighted by Crippen LogP contribution is 2.34. The molecule has 0 fully saturated rings. The molecule has 0 spiro atoms. The molecule has 8 heteroatoms. The summed E-state index contributed by atoms with van der Waals surface area (Å²) in [5.74, 6) is 0.532. The Hall–Kier alpha value is -3.52. The molecular weight excluding hydrogens is 348 g/mol. The predicted octanol–water partition coefficient (Wildman–Crippen LogP) is 3.87. The molecule has 5 aromatic rings. The molecule has 0 N–H and O–H groups in total. The van der Waals surface area contributed by atoms with Gasteiger partial charge in [-0.1, -0.05) is 11.3 Å². The molecule has 0 radical (unpaired) electrons. The maximum Gasteiger partial charge on any atom is 0.178 e. The molecule has 0 aliphatic heterocycles. The fourth-order valence-corrected chi connectivity index (χ4v) is 3.44. The van der Waals surface area contributed by atoms with E-state index in [-0.39, 0.29) is 0 Å². The standard InChI is InChI=1S/C18H10N6OS/c1-3-11(10-19-5-1)17-23-24-18(26-17)15-12-4-8-25-14(12)9-13(22-15)16-20-6-2-7-21-16/h1-10H. The van der Waals surface area contributed by atoms with E-state index in [1.165, 1.54) is 11.3 Å². The normalized spacial score (nSPS) is 11.1. The molecule has 0 saturated carbocycles. The molecule has 26 heavy (non-hydrogen) atoms. The van der Waals surface area contributed by atoms with Gasteiger partial charge in [0.05, 0.1) is 6.26 Å². The van der Waals surface area contributed by atoms with Gasteiger partial charge in [0.1, 0.15) is 22.0 Å². The van der Waals surface area contributed by atoms with E-state index in [1.807, 2.05) is 24.3 Å². The van der Waals surface area contributed by atoms with Gasteiger partial charge in [-0.3, -0.25) is 4.98 Å². The van der Waals surface area contributed by atoms with Crippen LogP contribution in [0.15, 0.2) is 65.8 Å². The minimum absolute atomic E-state index is 0.532. The largest absolute Gasteiger partial charge is 0.464 e. The van der Waals surface area contributed by atoms with Crippen molar-refractivity contribution in [3.63, 3.8) is 0 Å². The lowest BCUT2D eigenvalue weighted by Crippen LogP contribution is -1.93. The minimum Gasteiger partial charge on any atom is -0.464 e. The minimum atomic E-state index is 0.532. The van der Waals surface area contributed by atoms with Gasteiger partial charge in [-0.15, -0.1) is 10.2 Å². The molecule has 5 rings (SSSR count). The first-order valence-corrected chi connectivity index (χ1v) is 8.60. The summed E-state index contributed by atoms with van der Waals surface area (Å²) >= 11 is 1.45. The first-order valence-electron chi connectivity index (χ1n) is 7.78. The maximum absolute atomic E-state index is 5.58. The van der Waals surface area contributed by atoms with Gasteiger partial charge in [0, 0.05) is 41.8 Å². The topological polar surface area (TPSA) is 90.5 Å². The first kappa shape index (κ1) is 14.8. The van der Waals surface area contributed by atoms with Crippen LogP contribution in [0.5, 0.6) is 0 Å². The van der Waals surface area contributed by atoms with Crippen molar-refractivity contribution in [3.05, 3.63) is 61.4 Å². The summed E-state index contributed by atoms with van der Waals surface area (Å²) in [7, 11) is 0. The van der Waals surface area contributed by atoms with Crippen molar-refractivity contribution in [1.29, 1.82) is 0 Å². The van der Waals surface area contributed by atoms with Crippen LogP contribution in [0.1, 0.15) is 0 Å². The van der Waals surface area contributed by atoms with Crippen LogP contribution >= 0.6 is 11.3 Å². The Bertz CT molecular complexity index is 1190. The smallest absolute Gasteiger partial charge is 0.178 e. The van der Waals surface area contributed by atoms with Crippen LogP contribution in [0, 0.1) is 0 Å². The Labute approximate surface area is 151 Å². The van der Waals surface area contributed by atoms with Gasteiger partial charge in [0.25, 0.3) is 0 Å². The summed E-state index contributed by atoms with van der Waals surface area (Å²) in [5, 5.41) is 11.0. The van der Waals surface area contributed by atoms with E-state index in [9.17, 15) is 0 Å². The highest BCUT2D eigenvalue weighted by molar-refractivity contribution is 7.18. The monoisotopic (exact) mass is 358 g/mol. The van der Waals surface area contributed by atoms with Crippen LogP contribution in [0.2, 0.25) is 0 Å². The summed E-state index contributed by atoms with van der Waals surface area (Å²) in [6, 6.07) is 9.29. The molecule has 124 valence electrons. The van der Waals surface area contributed by atoms with Gasteiger partial charge in [0.15, 0.2) is 10.8 Å². The molecule has 5 heterocycles. The zero-order chi connectivity index (χ0) is 17.3. The quantitative estimate of drug-likeness (QED) is 0.483. The third kappa shape index (κ3) is 2.52. The summed E-state index contributed by atoms with van der Waals surface area (Å²) in [6.07, 6.45) is 8.49. The fraction of sp³-hybridized carbons (Fsp3) is 0. The van der Waals surface area contributed by atoms with Crippen molar-refractivity contribution < 1.29 is 4.42 Å². The van der Waals surface area contributed by atoms with E-state index in [0.29, 0.717) is 27.8 Å². The van der Waals surface area contributed by atoms with E-state index >= 15 is 0 Å². The number of rotatable bonds is 3. The summed E-state index contributed by atoms with van der Waals surface area (Å²) in [4.78, 5) is 17.4. The third-order valence-electron chi connectivity index (χ3n) is 3.78. The second-order valence-electron chi connectivity index (χ2n) is 5.41. The molecule has 7 nitrogen and oxygen atoms in total. The van der Waals surface area contributed by atoms with Crippen LogP contribution in [0.4, 0.5) is 0 Å². The van der Waals surface area contributed by atoms with Crippen molar-refractivity contribution in [3.8, 4) is 32.8 Å². The maximum atomic E-state index is 5.58. The van der Waals surface area contributed by atoms with Gasteiger partial charge < -0.3 is 4.42 Å². The third-order valence-corrected chi connectivity index (χ3v) is 4.76. The van der Waals surface area contributed by atoms with Crippen LogP contribution in [-0.4, -0.2) is 30.1 Å². The Morgan fingerprint density at radius 2 is 1.81 bits per heavy atom. The second-order valence-corrected chi connectivity index (χ2v) is 6.39. The Morgan fingerprint density at radius 1 is 0.923 bits per heavy atom. The number of hydrogen-bond donors (Lipinski definition) is 0. The van der Waals surface area contributed by atoms with Crippen molar-refractivity contribution in [1.82, 2.24) is 30.1 Å². The van der Waals surface area contributed by atoms with E-state index in [1.54, 1.807) is 37.1 Å². The fourth-order valence-electron chi connectivity index (χ4n) is 2.60. The highest BCUT2D eigenvalue weighted by Gasteiger charge is 2.17. The van der Waals surface area contributed by atoms with Crippen molar-refractivity contribution in [2.45, 2.75) is 0 Å². The van der Waals surface area contributed by atoms with Crippen LogP contribution in [0.25, 0.3) is 43.8 Å². The van der Waals surface area contributed by atoms with Gasteiger partial charge >= 0.3 is 0 Å². The van der Waals surface area contributed by atoms with E-state index in [2.05, 4.69) is 25.1 Å². The first-order chi connectivity index (χ1) is 12.9. The molecular formula is C18H10N6OS. The SMILES string of the molecule is c1cnc(-c2cc3occc3c(-c3nnc(-c4cccnc4)s3)n2)nc1.